The van der Waals surface area contributed by atoms with Gasteiger partial charge in [-0.25, -0.2) is 0 Å². The van der Waals surface area contributed by atoms with Crippen LogP contribution in [0.3, 0.4) is 0 Å². The third-order valence-electron chi connectivity index (χ3n) is 2.80. The van der Waals surface area contributed by atoms with Gasteiger partial charge < -0.3 is 10.7 Å². The highest BCUT2D eigenvalue weighted by atomic mass is 79.9. The Balaban J connectivity index is 2.21. The highest BCUT2D eigenvalue weighted by molar-refractivity contribution is 9.10. The first-order valence-electron chi connectivity index (χ1n) is 5.22. The lowest BCUT2D eigenvalue weighted by molar-refractivity contribution is 0.781. The number of benzene rings is 1. The van der Waals surface area contributed by atoms with E-state index in [1.807, 2.05) is 25.2 Å². The minimum absolute atomic E-state index is 0.651. The number of anilines is 1. The van der Waals surface area contributed by atoms with Crippen LogP contribution >= 0.6 is 15.9 Å². The summed E-state index contributed by atoms with van der Waals surface area (Å²) >= 11 is 3.52. The van der Waals surface area contributed by atoms with E-state index in [1.54, 1.807) is 4.68 Å². The molecular weight excluding hydrogens is 280 g/mol. The summed E-state index contributed by atoms with van der Waals surface area (Å²) in [5.74, 6) is 0.651. The van der Waals surface area contributed by atoms with Crippen molar-refractivity contribution >= 4 is 32.7 Å². The predicted molar refractivity (Wildman–Crippen MR) is 72.6 cm³/mol. The Hall–Kier alpha value is -1.75. The summed E-state index contributed by atoms with van der Waals surface area (Å²) in [4.78, 5) is 3.34. The molecule has 3 aromatic rings. The number of rotatable bonds is 1. The van der Waals surface area contributed by atoms with Gasteiger partial charge in [0.2, 0.25) is 0 Å². The molecule has 86 valence electrons. The Bertz CT molecular complexity index is 676. The van der Waals surface area contributed by atoms with E-state index in [4.69, 9.17) is 5.73 Å². The molecule has 0 saturated carbocycles. The number of halogens is 1. The van der Waals surface area contributed by atoms with Gasteiger partial charge in [-0.2, -0.15) is 5.10 Å². The van der Waals surface area contributed by atoms with Gasteiger partial charge in [-0.15, -0.1) is 0 Å². The van der Waals surface area contributed by atoms with E-state index in [0.29, 0.717) is 5.82 Å². The van der Waals surface area contributed by atoms with Crippen molar-refractivity contribution in [3.8, 4) is 11.4 Å². The fourth-order valence-corrected chi connectivity index (χ4v) is 2.35. The van der Waals surface area contributed by atoms with E-state index < -0.39 is 0 Å². The highest BCUT2D eigenvalue weighted by Crippen LogP contribution is 2.28. The minimum atomic E-state index is 0.651. The quantitative estimate of drug-likeness (QED) is 0.724. The number of fused-ring (bicyclic) bond motifs is 1. The maximum atomic E-state index is 5.78. The van der Waals surface area contributed by atoms with Crippen LogP contribution in [-0.2, 0) is 7.05 Å². The van der Waals surface area contributed by atoms with Gasteiger partial charge in [0.25, 0.3) is 0 Å². The molecule has 4 nitrogen and oxygen atoms in total. The number of aryl methyl sites for hydroxylation is 1. The second-order valence-electron chi connectivity index (χ2n) is 3.97. The van der Waals surface area contributed by atoms with Crippen LogP contribution in [0.1, 0.15) is 0 Å². The zero-order chi connectivity index (χ0) is 12.0. The molecule has 0 saturated heterocycles. The Morgan fingerprint density at radius 3 is 2.82 bits per heavy atom. The third-order valence-corrected chi connectivity index (χ3v) is 3.46. The number of nitrogen functional groups attached to an aromatic ring is 1. The topological polar surface area (TPSA) is 59.6 Å². The Morgan fingerprint density at radius 2 is 2.18 bits per heavy atom. The highest BCUT2D eigenvalue weighted by Gasteiger charge is 2.09. The van der Waals surface area contributed by atoms with Crippen molar-refractivity contribution in [2.24, 2.45) is 7.05 Å². The normalized spacial score (nSPS) is 11.2. The standard InChI is InChI=1S/C12H11BrN4/c1-17-11(14)6-10(16-17)9-5-7-3-2-4-8(13)12(7)15-9/h2-6,15H,14H2,1H3. The summed E-state index contributed by atoms with van der Waals surface area (Å²) in [6.45, 7) is 0. The number of nitrogens with zero attached hydrogens (tertiary/aromatic N) is 2. The zero-order valence-corrected chi connectivity index (χ0v) is 10.8. The number of aromatic amines is 1. The summed E-state index contributed by atoms with van der Waals surface area (Å²) < 4.78 is 2.71. The average Bonchev–Trinajstić information content (AvgIpc) is 2.85. The lowest BCUT2D eigenvalue weighted by Crippen LogP contribution is -1.96. The Morgan fingerprint density at radius 1 is 1.35 bits per heavy atom. The van der Waals surface area contributed by atoms with Crippen molar-refractivity contribution in [2.75, 3.05) is 5.73 Å². The number of aromatic nitrogens is 3. The van der Waals surface area contributed by atoms with E-state index in [-0.39, 0.29) is 0 Å². The molecule has 17 heavy (non-hydrogen) atoms. The molecule has 3 rings (SSSR count). The molecule has 0 aliphatic heterocycles. The summed E-state index contributed by atoms with van der Waals surface area (Å²) in [6.07, 6.45) is 0. The van der Waals surface area contributed by atoms with E-state index in [0.717, 1.165) is 26.8 Å². The van der Waals surface area contributed by atoms with Gasteiger partial charge in [0.05, 0.1) is 11.2 Å². The van der Waals surface area contributed by atoms with Crippen LogP contribution in [-0.4, -0.2) is 14.8 Å². The van der Waals surface area contributed by atoms with Gasteiger partial charge in [-0.1, -0.05) is 12.1 Å². The SMILES string of the molecule is Cn1nc(-c2cc3cccc(Br)c3[nH]2)cc1N. The molecule has 0 unspecified atom stereocenters. The van der Waals surface area contributed by atoms with E-state index in [1.165, 1.54) is 0 Å². The molecular formula is C12H11BrN4. The third kappa shape index (κ3) is 1.63. The predicted octanol–water partition coefficient (Wildman–Crippen LogP) is 2.91. The number of hydrogen-bond acceptors (Lipinski definition) is 2. The number of hydrogen-bond donors (Lipinski definition) is 2. The van der Waals surface area contributed by atoms with E-state index >= 15 is 0 Å². The fraction of sp³-hybridized carbons (Fsp3) is 0.0833. The molecule has 2 heterocycles. The monoisotopic (exact) mass is 290 g/mol. The number of para-hydroxylation sites is 1. The molecule has 3 N–H and O–H groups in total. The molecule has 0 radical (unpaired) electrons. The summed E-state index contributed by atoms with van der Waals surface area (Å²) in [5, 5.41) is 5.50. The fourth-order valence-electron chi connectivity index (χ4n) is 1.87. The molecule has 0 fully saturated rings. The molecule has 0 amide bonds. The van der Waals surface area contributed by atoms with E-state index in [9.17, 15) is 0 Å². The van der Waals surface area contributed by atoms with Crippen LogP contribution < -0.4 is 5.73 Å². The first kappa shape index (κ1) is 10.4. The van der Waals surface area contributed by atoms with Crippen molar-refractivity contribution < 1.29 is 0 Å². The largest absolute Gasteiger partial charge is 0.384 e. The number of nitrogens with one attached hydrogen (secondary N) is 1. The number of nitrogens with two attached hydrogens (primary N) is 1. The molecule has 0 aliphatic carbocycles. The lowest BCUT2D eigenvalue weighted by atomic mass is 10.2. The van der Waals surface area contributed by atoms with Gasteiger partial charge in [0.15, 0.2) is 0 Å². The van der Waals surface area contributed by atoms with Gasteiger partial charge >= 0.3 is 0 Å². The van der Waals surface area contributed by atoms with Crippen molar-refractivity contribution in [2.45, 2.75) is 0 Å². The summed E-state index contributed by atoms with van der Waals surface area (Å²) in [5.41, 5.74) is 8.68. The first-order valence-corrected chi connectivity index (χ1v) is 6.01. The first-order chi connectivity index (χ1) is 8.15. The average molecular weight is 291 g/mol. The second-order valence-corrected chi connectivity index (χ2v) is 4.82. The molecule has 0 spiro atoms. The zero-order valence-electron chi connectivity index (χ0n) is 9.24. The van der Waals surface area contributed by atoms with Gasteiger partial charge in [-0.3, -0.25) is 4.68 Å². The van der Waals surface area contributed by atoms with Crippen LogP contribution in [0.4, 0.5) is 5.82 Å². The Labute approximate surface area is 107 Å². The molecule has 2 aromatic heterocycles. The second kappa shape index (κ2) is 3.63. The van der Waals surface area contributed by atoms with Gasteiger partial charge in [0, 0.05) is 23.0 Å². The van der Waals surface area contributed by atoms with Crippen molar-refractivity contribution in [3.05, 3.63) is 34.8 Å². The molecule has 0 aliphatic rings. The van der Waals surface area contributed by atoms with Gasteiger partial charge in [-0.05, 0) is 28.1 Å². The molecule has 5 heteroatoms. The number of H-pyrrole nitrogens is 1. The van der Waals surface area contributed by atoms with Crippen molar-refractivity contribution in [1.29, 1.82) is 0 Å². The maximum Gasteiger partial charge on any atom is 0.122 e. The summed E-state index contributed by atoms with van der Waals surface area (Å²) in [7, 11) is 1.83. The van der Waals surface area contributed by atoms with Gasteiger partial charge in [0.1, 0.15) is 11.5 Å². The lowest BCUT2D eigenvalue weighted by Gasteiger charge is -1.92. The van der Waals surface area contributed by atoms with Crippen LogP contribution in [0.25, 0.3) is 22.3 Å². The van der Waals surface area contributed by atoms with Crippen LogP contribution in [0, 0.1) is 0 Å². The summed E-state index contributed by atoms with van der Waals surface area (Å²) in [6, 6.07) is 10.0. The van der Waals surface area contributed by atoms with Crippen LogP contribution in [0.2, 0.25) is 0 Å². The Kier molecular flexibility index (Phi) is 2.22. The van der Waals surface area contributed by atoms with Crippen molar-refractivity contribution in [3.63, 3.8) is 0 Å². The molecule has 0 bridgehead atoms. The minimum Gasteiger partial charge on any atom is -0.384 e. The maximum absolute atomic E-state index is 5.78. The van der Waals surface area contributed by atoms with E-state index in [2.05, 4.69) is 38.1 Å². The molecule has 1 aromatic carbocycles. The smallest absolute Gasteiger partial charge is 0.122 e. The van der Waals surface area contributed by atoms with Crippen LogP contribution in [0.5, 0.6) is 0 Å². The molecule has 0 atom stereocenters. The van der Waals surface area contributed by atoms with Crippen molar-refractivity contribution in [1.82, 2.24) is 14.8 Å². The van der Waals surface area contributed by atoms with Crippen LogP contribution in [0.15, 0.2) is 34.8 Å².